The maximum atomic E-state index is 12.5. The van der Waals surface area contributed by atoms with Crippen LogP contribution in [0.5, 0.6) is 0 Å². The molecule has 1 unspecified atom stereocenters. The number of furan rings is 1. The fraction of sp³-hybridized carbons (Fsp3) is 0.550. The lowest BCUT2D eigenvalue weighted by atomic mass is 9.80. The third-order valence-electron chi connectivity index (χ3n) is 5.57. The number of amides is 1. The molecule has 1 amide bonds. The van der Waals surface area contributed by atoms with Crippen LogP contribution in [0.15, 0.2) is 22.8 Å². The molecule has 0 saturated carbocycles. The van der Waals surface area contributed by atoms with Crippen molar-refractivity contribution in [1.82, 2.24) is 14.9 Å². The van der Waals surface area contributed by atoms with Crippen molar-refractivity contribution in [2.24, 2.45) is 0 Å². The van der Waals surface area contributed by atoms with Crippen LogP contribution in [0.1, 0.15) is 35.6 Å². The first-order chi connectivity index (χ1) is 13.6. The Morgan fingerprint density at radius 3 is 3.11 bits per heavy atom. The Hall–Kier alpha value is -2.45. The largest absolute Gasteiger partial charge is 0.467 e. The van der Waals surface area contributed by atoms with E-state index in [-0.39, 0.29) is 11.3 Å². The highest BCUT2D eigenvalue weighted by atomic mass is 16.5. The van der Waals surface area contributed by atoms with E-state index in [2.05, 4.69) is 10.3 Å². The number of nitrogens with zero attached hydrogens (tertiary/aromatic N) is 3. The Morgan fingerprint density at radius 1 is 1.43 bits per heavy atom. The molecule has 1 N–H and O–H groups in total. The van der Waals surface area contributed by atoms with E-state index in [4.69, 9.17) is 18.9 Å². The quantitative estimate of drug-likeness (QED) is 0.812. The molecule has 2 aromatic rings. The van der Waals surface area contributed by atoms with E-state index < -0.39 is 0 Å². The van der Waals surface area contributed by atoms with E-state index in [1.807, 2.05) is 24.0 Å². The lowest BCUT2D eigenvalue weighted by molar-refractivity contribution is -0.131. The van der Waals surface area contributed by atoms with Gasteiger partial charge in [-0.25, -0.2) is 9.97 Å². The van der Waals surface area contributed by atoms with Gasteiger partial charge in [0.1, 0.15) is 5.76 Å². The molecule has 28 heavy (non-hydrogen) atoms. The van der Waals surface area contributed by atoms with Crippen molar-refractivity contribution in [1.29, 1.82) is 0 Å². The Morgan fingerprint density at radius 2 is 2.32 bits per heavy atom. The topological polar surface area (TPSA) is 89.7 Å². The third-order valence-corrected chi connectivity index (χ3v) is 5.57. The summed E-state index contributed by atoms with van der Waals surface area (Å²) in [5, 5.41) is 3.25. The molecule has 8 heteroatoms. The molecule has 0 bridgehead atoms. The van der Waals surface area contributed by atoms with E-state index in [0.29, 0.717) is 51.8 Å². The number of aryl methyl sites for hydroxylation is 1. The number of methoxy groups -OCH3 is 1. The van der Waals surface area contributed by atoms with Gasteiger partial charge < -0.3 is 24.1 Å². The zero-order chi connectivity index (χ0) is 19.6. The minimum Gasteiger partial charge on any atom is -0.467 e. The Balaban J connectivity index is 1.56. The molecule has 8 nitrogen and oxygen atoms in total. The molecule has 0 radical (unpaired) electrons. The monoisotopic (exact) mass is 386 g/mol. The highest BCUT2D eigenvalue weighted by molar-refractivity contribution is 5.77. The van der Waals surface area contributed by atoms with Gasteiger partial charge in [0, 0.05) is 31.5 Å². The summed E-state index contributed by atoms with van der Waals surface area (Å²) in [5.74, 6) is 1.53. The van der Waals surface area contributed by atoms with Gasteiger partial charge in [0.05, 0.1) is 50.2 Å². The molecule has 1 atom stereocenters. The number of aromatic nitrogens is 2. The van der Waals surface area contributed by atoms with Crippen LogP contribution < -0.4 is 5.32 Å². The van der Waals surface area contributed by atoms with Crippen molar-refractivity contribution >= 4 is 11.9 Å². The lowest BCUT2D eigenvalue weighted by Gasteiger charge is -2.35. The van der Waals surface area contributed by atoms with Crippen molar-refractivity contribution < 1.29 is 18.7 Å². The summed E-state index contributed by atoms with van der Waals surface area (Å²) in [5.41, 5.74) is 2.69. The number of likely N-dealkylation sites (tertiary alicyclic amines) is 1. The first kappa shape index (κ1) is 18.9. The average Bonchev–Trinajstić information content (AvgIpc) is 3.36. The summed E-state index contributed by atoms with van der Waals surface area (Å²) in [7, 11) is 1.61. The molecule has 4 rings (SSSR count). The second-order valence-electron chi connectivity index (χ2n) is 7.47. The van der Waals surface area contributed by atoms with Crippen LogP contribution in [0.25, 0.3) is 0 Å². The number of ether oxygens (including phenoxy) is 2. The Labute approximate surface area is 164 Å². The Kier molecular flexibility index (Phi) is 5.32. The summed E-state index contributed by atoms with van der Waals surface area (Å²) in [6.45, 7) is 5.37. The van der Waals surface area contributed by atoms with Gasteiger partial charge in [-0.15, -0.1) is 0 Å². The second kappa shape index (κ2) is 7.89. The maximum absolute atomic E-state index is 12.5. The summed E-state index contributed by atoms with van der Waals surface area (Å²) < 4.78 is 16.3. The summed E-state index contributed by atoms with van der Waals surface area (Å²) >= 11 is 0. The van der Waals surface area contributed by atoms with Crippen LogP contribution in [0.4, 0.5) is 5.95 Å². The fourth-order valence-corrected chi connectivity index (χ4v) is 4.03. The van der Waals surface area contributed by atoms with Crippen molar-refractivity contribution in [3.8, 4) is 0 Å². The van der Waals surface area contributed by atoms with E-state index in [0.717, 1.165) is 29.1 Å². The molecule has 1 saturated heterocycles. The zero-order valence-corrected chi connectivity index (χ0v) is 16.4. The molecule has 150 valence electrons. The smallest absolute Gasteiger partial charge is 0.224 e. The minimum atomic E-state index is -0.273. The molecular formula is C20H26N4O4. The number of rotatable bonds is 6. The maximum Gasteiger partial charge on any atom is 0.224 e. The first-order valence-electron chi connectivity index (χ1n) is 9.60. The van der Waals surface area contributed by atoms with Gasteiger partial charge in [-0.05, 0) is 25.5 Å². The number of hydrogen-bond donors (Lipinski definition) is 1. The van der Waals surface area contributed by atoms with E-state index in [1.165, 1.54) is 0 Å². The van der Waals surface area contributed by atoms with Crippen LogP contribution in [-0.2, 0) is 32.8 Å². The number of anilines is 1. The highest BCUT2D eigenvalue weighted by Gasteiger charge is 2.46. The molecular weight excluding hydrogens is 360 g/mol. The average molecular weight is 386 g/mol. The van der Waals surface area contributed by atoms with Gasteiger partial charge in [0.15, 0.2) is 0 Å². The van der Waals surface area contributed by atoms with Gasteiger partial charge in [0.25, 0.3) is 0 Å². The number of fused-ring (bicyclic) bond motifs is 2. The third kappa shape index (κ3) is 3.62. The van der Waals surface area contributed by atoms with Crippen molar-refractivity contribution in [2.45, 2.75) is 38.3 Å². The molecule has 2 aliphatic heterocycles. The predicted molar refractivity (Wildman–Crippen MR) is 102 cm³/mol. The standard InChI is InChI=1S/C20H26N4O4/c1-14-16-11-27-13-20(6-7-24(12-20)17(25)5-9-26-2)18(16)23-19(22-14)21-10-15-4-3-8-28-15/h3-4,8H,5-7,9-13H2,1-2H3,(H,21,22,23). The van der Waals surface area contributed by atoms with Crippen molar-refractivity contribution in [2.75, 3.05) is 38.7 Å². The molecule has 0 aromatic carbocycles. The SMILES string of the molecule is COCCC(=O)N1CCC2(COCc3c(C)nc(NCc4ccco4)nc32)C1. The van der Waals surface area contributed by atoms with E-state index in [1.54, 1.807) is 13.4 Å². The highest BCUT2D eigenvalue weighted by Crippen LogP contribution is 2.40. The number of hydrogen-bond acceptors (Lipinski definition) is 7. The van der Waals surface area contributed by atoms with Gasteiger partial charge in [0.2, 0.25) is 11.9 Å². The molecule has 2 aromatic heterocycles. The fourth-order valence-electron chi connectivity index (χ4n) is 4.03. The second-order valence-corrected chi connectivity index (χ2v) is 7.47. The van der Waals surface area contributed by atoms with Crippen molar-refractivity contribution in [3.63, 3.8) is 0 Å². The van der Waals surface area contributed by atoms with Crippen LogP contribution in [0.3, 0.4) is 0 Å². The van der Waals surface area contributed by atoms with Crippen LogP contribution in [-0.4, -0.2) is 54.2 Å². The summed E-state index contributed by atoms with van der Waals surface area (Å²) in [6, 6.07) is 3.77. The minimum absolute atomic E-state index is 0.118. The number of nitrogens with one attached hydrogen (secondary N) is 1. The lowest BCUT2D eigenvalue weighted by Crippen LogP contribution is -2.42. The van der Waals surface area contributed by atoms with Crippen LogP contribution in [0, 0.1) is 6.92 Å². The molecule has 1 fully saturated rings. The van der Waals surface area contributed by atoms with Crippen LogP contribution in [0.2, 0.25) is 0 Å². The summed E-state index contributed by atoms with van der Waals surface area (Å²) in [6.07, 6.45) is 2.89. The van der Waals surface area contributed by atoms with E-state index >= 15 is 0 Å². The van der Waals surface area contributed by atoms with Gasteiger partial charge in [-0.2, -0.15) is 0 Å². The van der Waals surface area contributed by atoms with Gasteiger partial charge in [-0.1, -0.05) is 0 Å². The zero-order valence-electron chi connectivity index (χ0n) is 16.4. The molecule has 4 heterocycles. The molecule has 2 aliphatic rings. The molecule has 1 spiro atoms. The first-order valence-corrected chi connectivity index (χ1v) is 9.60. The number of carbonyl (C=O) groups excluding carboxylic acids is 1. The van der Waals surface area contributed by atoms with E-state index in [9.17, 15) is 4.79 Å². The van der Waals surface area contributed by atoms with Gasteiger partial charge in [-0.3, -0.25) is 4.79 Å². The van der Waals surface area contributed by atoms with Crippen LogP contribution >= 0.6 is 0 Å². The van der Waals surface area contributed by atoms with Crippen molar-refractivity contribution in [3.05, 3.63) is 41.1 Å². The Bertz CT molecular complexity index is 839. The number of carbonyl (C=O) groups is 1. The predicted octanol–water partition coefficient (Wildman–Crippen LogP) is 2.03. The summed E-state index contributed by atoms with van der Waals surface area (Å²) in [4.78, 5) is 23.8. The molecule has 0 aliphatic carbocycles. The van der Waals surface area contributed by atoms with Gasteiger partial charge >= 0.3 is 0 Å². The normalized spacial score (nSPS) is 21.1.